The highest BCUT2D eigenvalue weighted by Gasteiger charge is 2.56. The van der Waals surface area contributed by atoms with Crippen LogP contribution in [-0.2, 0) is 24.4 Å². The lowest BCUT2D eigenvalue weighted by atomic mass is 9.61. The van der Waals surface area contributed by atoms with Crippen molar-refractivity contribution in [3.05, 3.63) is 95.1 Å². The summed E-state index contributed by atoms with van der Waals surface area (Å²) in [5, 5.41) is 2.98. The molecule has 0 radical (unpaired) electrons. The van der Waals surface area contributed by atoms with Gasteiger partial charge in [-0.25, -0.2) is 4.57 Å². The second kappa shape index (κ2) is 13.5. The minimum absolute atomic E-state index is 0.00807. The molecule has 0 spiro atoms. The molecule has 1 aliphatic heterocycles. The summed E-state index contributed by atoms with van der Waals surface area (Å²) in [4.78, 5) is 0. The summed E-state index contributed by atoms with van der Waals surface area (Å²) < 4.78 is 8.25. The van der Waals surface area contributed by atoms with Gasteiger partial charge >= 0.3 is 0 Å². The largest absolute Gasteiger partial charge is 0.340 e. The molecule has 2 aromatic heterocycles. The van der Waals surface area contributed by atoms with Crippen LogP contribution in [0.4, 0.5) is 0 Å². The number of fused-ring (bicyclic) bond motifs is 8. The number of aromatic nitrogens is 3. The second-order valence-electron chi connectivity index (χ2n) is 17.7. The molecule has 2 unspecified atom stereocenters. The first-order valence-corrected chi connectivity index (χ1v) is 21.6. The lowest BCUT2D eigenvalue weighted by Gasteiger charge is -2.47. The van der Waals surface area contributed by atoms with Gasteiger partial charge < -0.3 is 4.57 Å². The zero-order chi connectivity index (χ0) is 36.5. The second-order valence-corrected chi connectivity index (χ2v) is 17.7. The number of aryl methyl sites for hydroxylation is 2. The van der Waals surface area contributed by atoms with Crippen LogP contribution in [0, 0.1) is 0 Å². The van der Waals surface area contributed by atoms with Crippen molar-refractivity contribution in [3.8, 4) is 17.1 Å². The third-order valence-corrected chi connectivity index (χ3v) is 15.1. The first-order chi connectivity index (χ1) is 25.9. The van der Waals surface area contributed by atoms with Gasteiger partial charge in [0.15, 0.2) is 16.7 Å². The molecular weight excluding hydrogens is 643 g/mol. The Bertz CT molecular complexity index is 2320. The number of hydrogen-bond donors (Lipinski definition) is 0. The van der Waals surface area contributed by atoms with E-state index in [4.69, 9.17) is 0 Å². The van der Waals surface area contributed by atoms with Crippen LogP contribution in [0.2, 0.25) is 0 Å². The summed E-state index contributed by atoms with van der Waals surface area (Å²) in [5.41, 5.74) is 14.6. The van der Waals surface area contributed by atoms with Crippen LogP contribution in [0.5, 0.6) is 0 Å². The maximum Gasteiger partial charge on any atom is 0.295 e. The summed E-state index contributed by atoms with van der Waals surface area (Å²) in [5.74, 6) is 2.57. The first kappa shape index (κ1) is 34.9. The smallest absolute Gasteiger partial charge is 0.295 e. The highest BCUT2D eigenvalue weighted by molar-refractivity contribution is 6.13. The monoisotopic (exact) mass is 704 g/mol. The molecule has 2 fully saturated rings. The Hall–Kier alpha value is -3.85. The molecule has 3 nitrogen and oxygen atoms in total. The molecule has 0 N–H and O–H groups in total. The number of benzene rings is 4. The van der Waals surface area contributed by atoms with E-state index >= 15 is 0 Å². The minimum atomic E-state index is -0.102. The normalized spacial score (nSPS) is 22.5. The molecule has 3 heterocycles. The summed E-state index contributed by atoms with van der Waals surface area (Å²) in [6.45, 7) is 12.3. The molecule has 4 aromatic carbocycles. The number of unbranched alkanes of at least 4 members (excludes halogenated alkanes) is 1. The van der Waals surface area contributed by atoms with E-state index < -0.39 is 0 Å². The van der Waals surface area contributed by atoms with Crippen molar-refractivity contribution in [2.75, 3.05) is 0 Å². The first-order valence-electron chi connectivity index (χ1n) is 21.6. The number of rotatable bonds is 8. The number of para-hydroxylation sites is 2. The maximum absolute atomic E-state index is 2.81. The van der Waals surface area contributed by atoms with E-state index in [1.54, 1.807) is 11.1 Å². The molecule has 0 bridgehead atoms. The van der Waals surface area contributed by atoms with Crippen LogP contribution < -0.4 is 4.57 Å². The van der Waals surface area contributed by atoms with E-state index in [0.717, 1.165) is 19.3 Å². The van der Waals surface area contributed by atoms with Gasteiger partial charge in [0.05, 0.1) is 11.1 Å². The molecule has 9 rings (SSSR count). The van der Waals surface area contributed by atoms with Crippen LogP contribution in [0.15, 0.2) is 72.8 Å². The molecule has 3 heteroatoms. The predicted molar refractivity (Wildman–Crippen MR) is 225 cm³/mol. The Morgan fingerprint density at radius 3 is 2.09 bits per heavy atom. The van der Waals surface area contributed by atoms with E-state index in [9.17, 15) is 0 Å². The molecule has 6 aromatic rings. The molecule has 276 valence electrons. The Kier molecular flexibility index (Phi) is 8.87. The van der Waals surface area contributed by atoms with E-state index in [1.165, 1.54) is 138 Å². The third-order valence-electron chi connectivity index (χ3n) is 15.1. The molecule has 2 saturated carbocycles. The van der Waals surface area contributed by atoms with Crippen LogP contribution >= 0.6 is 0 Å². The molecule has 2 atom stereocenters. The van der Waals surface area contributed by atoms with Crippen LogP contribution in [0.25, 0.3) is 49.9 Å². The molecule has 0 saturated heterocycles. The third kappa shape index (κ3) is 5.08. The van der Waals surface area contributed by atoms with E-state index in [0.29, 0.717) is 11.8 Å². The van der Waals surface area contributed by atoms with Crippen LogP contribution in [0.3, 0.4) is 0 Å². The lowest BCUT2D eigenvalue weighted by Crippen LogP contribution is -2.67. The maximum atomic E-state index is 2.81. The van der Waals surface area contributed by atoms with Gasteiger partial charge in [0.2, 0.25) is 0 Å². The average Bonchev–Trinajstić information content (AvgIpc) is 3.71. The van der Waals surface area contributed by atoms with E-state index in [2.05, 4.69) is 128 Å². The van der Waals surface area contributed by atoms with Crippen molar-refractivity contribution in [1.29, 1.82) is 0 Å². The standard InChI is InChI=1S/C50H62N3/c1-7-10-21-34-30-31-38-44(32-34)51(6)47-45(38)39(35-22-13-11-14-23-35)33-40(36-24-15-12-16-25-36)46(47)52-42-28-19-20-29-43(42)53-48(52)37-26-17-18-27-41(37)49(4,8-2)50(53,5)9-3/h17-20,26-33,35-36H,7-16,21-25H2,1-6H3/q+1. The highest BCUT2D eigenvalue weighted by atomic mass is 15.2. The van der Waals surface area contributed by atoms with Gasteiger partial charge in [0.1, 0.15) is 5.54 Å². The molecule has 3 aliphatic rings. The van der Waals surface area contributed by atoms with E-state index in [1.807, 2.05) is 0 Å². The van der Waals surface area contributed by atoms with Crippen molar-refractivity contribution in [2.45, 2.75) is 154 Å². The van der Waals surface area contributed by atoms with Gasteiger partial charge in [-0.05, 0) is 111 Å². The van der Waals surface area contributed by atoms with E-state index in [-0.39, 0.29) is 11.0 Å². The Morgan fingerprint density at radius 2 is 1.40 bits per heavy atom. The number of nitrogens with zero attached hydrogens (tertiary/aromatic N) is 3. The van der Waals surface area contributed by atoms with Gasteiger partial charge in [-0.1, -0.05) is 121 Å². The zero-order valence-corrected chi connectivity index (χ0v) is 33.5. The molecule has 2 aliphatic carbocycles. The Morgan fingerprint density at radius 1 is 0.717 bits per heavy atom. The van der Waals surface area contributed by atoms with Crippen molar-refractivity contribution < 1.29 is 4.57 Å². The fraction of sp³-hybridized carbons (Fsp3) is 0.500. The molecule has 0 amide bonds. The summed E-state index contributed by atoms with van der Waals surface area (Å²) in [6.07, 6.45) is 19.1. The number of hydrogen-bond acceptors (Lipinski definition) is 0. The fourth-order valence-corrected chi connectivity index (χ4v) is 11.7. The lowest BCUT2D eigenvalue weighted by molar-refractivity contribution is -0.743. The quantitative estimate of drug-likeness (QED) is 0.140. The van der Waals surface area contributed by atoms with Crippen molar-refractivity contribution in [3.63, 3.8) is 0 Å². The average molecular weight is 705 g/mol. The summed E-state index contributed by atoms with van der Waals surface area (Å²) >= 11 is 0. The summed E-state index contributed by atoms with van der Waals surface area (Å²) in [7, 11) is 2.40. The SMILES string of the molecule is CCCCc1ccc2c3c(C4CCCCC4)cc(C4CCCCC4)c(-n4c5[n+](c6ccccc64)C(C)(CC)C(C)(CC)c4ccccc4-5)c3n(C)c2c1. The van der Waals surface area contributed by atoms with Gasteiger partial charge in [-0.15, -0.1) is 0 Å². The van der Waals surface area contributed by atoms with Gasteiger partial charge in [-0.3, -0.25) is 0 Å². The van der Waals surface area contributed by atoms with Gasteiger partial charge in [-0.2, -0.15) is 4.57 Å². The molecule has 53 heavy (non-hydrogen) atoms. The van der Waals surface area contributed by atoms with Gasteiger partial charge in [0, 0.05) is 34.3 Å². The molecular formula is C50H62N3+. The number of imidazole rings is 1. The van der Waals surface area contributed by atoms with Gasteiger partial charge in [0.25, 0.3) is 5.82 Å². The van der Waals surface area contributed by atoms with Crippen LogP contribution in [0.1, 0.15) is 159 Å². The summed E-state index contributed by atoms with van der Waals surface area (Å²) in [6, 6.07) is 29.2. The Balaban J connectivity index is 1.48. The zero-order valence-electron chi connectivity index (χ0n) is 33.5. The van der Waals surface area contributed by atoms with Crippen molar-refractivity contribution in [1.82, 2.24) is 9.13 Å². The predicted octanol–water partition coefficient (Wildman–Crippen LogP) is 13.5. The van der Waals surface area contributed by atoms with Crippen molar-refractivity contribution in [2.24, 2.45) is 7.05 Å². The Labute approximate surface area is 318 Å². The fourth-order valence-electron chi connectivity index (χ4n) is 11.7. The minimum Gasteiger partial charge on any atom is -0.340 e. The topological polar surface area (TPSA) is 13.7 Å². The van der Waals surface area contributed by atoms with Crippen LogP contribution in [-0.4, -0.2) is 9.13 Å². The highest BCUT2D eigenvalue weighted by Crippen LogP contribution is 2.53. The van der Waals surface area contributed by atoms with Crippen molar-refractivity contribution >= 4 is 32.8 Å².